The molecule has 0 amide bonds. The van der Waals surface area contributed by atoms with Gasteiger partial charge in [-0.05, 0) is 0 Å². The summed E-state index contributed by atoms with van der Waals surface area (Å²) in [7, 11) is 0. The van der Waals surface area contributed by atoms with Crippen LogP contribution in [0.5, 0.6) is 0 Å². The zero-order valence-electron chi connectivity index (χ0n) is 6.52. The molecule has 3 N–H and O–H groups in total. The van der Waals surface area contributed by atoms with E-state index in [0.717, 1.165) is 4.52 Å². The standard InChI is InChI=1S/C3H3N9O2/c4-1-5-6-2-7-8-3(10-12(13)14)11(2)9-1/h(H2,4,9)(H,8,10). The van der Waals surface area contributed by atoms with Crippen molar-refractivity contribution in [1.29, 1.82) is 0 Å². The smallest absolute Gasteiger partial charge is 0.308 e. The van der Waals surface area contributed by atoms with Gasteiger partial charge in [-0.25, -0.2) is 10.1 Å². The number of hydrogen-bond acceptors (Lipinski definition) is 8. The van der Waals surface area contributed by atoms with E-state index in [0.29, 0.717) is 0 Å². The first kappa shape index (κ1) is 8.03. The third kappa shape index (κ3) is 1.21. The molecule has 11 heteroatoms. The predicted octanol–water partition coefficient (Wildman–Crippen LogP) is -1.90. The summed E-state index contributed by atoms with van der Waals surface area (Å²) < 4.78 is 0.977. The average Bonchev–Trinajstić information content (AvgIpc) is 2.47. The molecule has 0 aromatic carbocycles. The number of hydrogen-bond donors (Lipinski definition) is 2. The molecule has 0 radical (unpaired) electrons. The van der Waals surface area contributed by atoms with Crippen molar-refractivity contribution in [1.82, 2.24) is 30.0 Å². The van der Waals surface area contributed by atoms with Crippen LogP contribution in [0.15, 0.2) is 0 Å². The Morgan fingerprint density at radius 3 is 2.79 bits per heavy atom. The Morgan fingerprint density at radius 1 is 1.36 bits per heavy atom. The van der Waals surface area contributed by atoms with Gasteiger partial charge in [-0.1, -0.05) is 5.43 Å². The van der Waals surface area contributed by atoms with Crippen molar-refractivity contribution in [3.63, 3.8) is 0 Å². The molecule has 0 fully saturated rings. The van der Waals surface area contributed by atoms with Gasteiger partial charge < -0.3 is 5.73 Å². The van der Waals surface area contributed by atoms with Crippen LogP contribution in [0.1, 0.15) is 0 Å². The molecule has 0 bridgehead atoms. The molecule has 0 aliphatic rings. The van der Waals surface area contributed by atoms with Gasteiger partial charge in [0, 0.05) is 0 Å². The van der Waals surface area contributed by atoms with Crippen molar-refractivity contribution < 1.29 is 5.03 Å². The summed E-state index contributed by atoms with van der Waals surface area (Å²) in [5, 5.41) is 26.7. The zero-order chi connectivity index (χ0) is 10.1. The lowest BCUT2D eigenvalue weighted by molar-refractivity contribution is -0.446. The molecule has 2 heterocycles. The Hall–Kier alpha value is -2.59. The van der Waals surface area contributed by atoms with Crippen molar-refractivity contribution in [2.75, 3.05) is 11.2 Å². The molecule has 0 saturated heterocycles. The highest BCUT2D eigenvalue weighted by atomic mass is 16.7. The van der Waals surface area contributed by atoms with Gasteiger partial charge in [0.1, 0.15) is 0 Å². The minimum atomic E-state index is -0.797. The van der Waals surface area contributed by atoms with Crippen LogP contribution < -0.4 is 11.2 Å². The first-order valence-corrected chi connectivity index (χ1v) is 3.29. The molecule has 0 saturated carbocycles. The van der Waals surface area contributed by atoms with E-state index in [-0.39, 0.29) is 17.7 Å². The normalized spacial score (nSPS) is 10.3. The first-order valence-electron chi connectivity index (χ1n) is 3.29. The van der Waals surface area contributed by atoms with Crippen molar-refractivity contribution in [2.24, 2.45) is 0 Å². The van der Waals surface area contributed by atoms with Gasteiger partial charge in [0.05, 0.1) is 0 Å². The number of nitrogens with two attached hydrogens (primary N) is 1. The minimum Gasteiger partial charge on any atom is -0.365 e. The van der Waals surface area contributed by atoms with E-state index >= 15 is 0 Å². The monoisotopic (exact) mass is 197 g/mol. The lowest BCUT2D eigenvalue weighted by atomic mass is 11.0. The predicted molar refractivity (Wildman–Crippen MR) is 41.4 cm³/mol. The second-order valence-corrected chi connectivity index (χ2v) is 2.16. The molecule has 72 valence electrons. The van der Waals surface area contributed by atoms with Crippen molar-refractivity contribution in [2.45, 2.75) is 0 Å². The molecule has 2 aromatic heterocycles. The number of anilines is 2. The van der Waals surface area contributed by atoms with E-state index in [1.165, 1.54) is 0 Å². The molecule has 2 aromatic rings. The second-order valence-electron chi connectivity index (χ2n) is 2.16. The Morgan fingerprint density at radius 2 is 2.07 bits per heavy atom. The van der Waals surface area contributed by atoms with Crippen LogP contribution in [0.25, 0.3) is 5.78 Å². The quantitative estimate of drug-likeness (QED) is 0.415. The summed E-state index contributed by atoms with van der Waals surface area (Å²) in [4.78, 5) is 10.1. The number of rotatable bonds is 2. The van der Waals surface area contributed by atoms with Crippen LogP contribution in [-0.4, -0.2) is 35.0 Å². The number of nitrogens with one attached hydrogen (secondary N) is 1. The van der Waals surface area contributed by atoms with E-state index in [2.05, 4.69) is 25.5 Å². The lowest BCUT2D eigenvalue weighted by Crippen LogP contribution is -2.13. The number of nitro groups is 1. The maximum Gasteiger partial charge on any atom is 0.308 e. The van der Waals surface area contributed by atoms with Gasteiger partial charge in [-0.3, -0.25) is 0 Å². The Labute approximate surface area is 75.1 Å². The number of fused-ring (bicyclic) bond motifs is 1. The second kappa shape index (κ2) is 2.72. The topological polar surface area (TPSA) is 150 Å². The Bertz CT molecular complexity index is 490. The maximum absolute atomic E-state index is 10.1. The van der Waals surface area contributed by atoms with Crippen molar-refractivity contribution in [3.8, 4) is 0 Å². The van der Waals surface area contributed by atoms with Gasteiger partial charge in [-0.2, -0.15) is 4.52 Å². The highest BCUT2D eigenvalue weighted by molar-refractivity contribution is 5.35. The Balaban J connectivity index is 2.55. The largest absolute Gasteiger partial charge is 0.365 e. The number of aromatic nitrogens is 6. The van der Waals surface area contributed by atoms with Crippen molar-refractivity contribution in [3.05, 3.63) is 10.1 Å². The molecule has 14 heavy (non-hydrogen) atoms. The molecule has 0 aliphatic carbocycles. The molecule has 0 unspecified atom stereocenters. The van der Waals surface area contributed by atoms with Crippen LogP contribution in [0.2, 0.25) is 0 Å². The summed E-state index contributed by atoms with van der Waals surface area (Å²) in [6, 6.07) is 0. The molecular formula is C3H3N9O2. The van der Waals surface area contributed by atoms with Gasteiger partial charge in [0.2, 0.25) is 0 Å². The zero-order valence-corrected chi connectivity index (χ0v) is 6.52. The lowest BCUT2D eigenvalue weighted by Gasteiger charge is -1.93. The van der Waals surface area contributed by atoms with Gasteiger partial charge in [0.15, 0.2) is 5.03 Å². The summed E-state index contributed by atoms with van der Waals surface area (Å²) in [5.41, 5.74) is 7.00. The van der Waals surface area contributed by atoms with E-state index < -0.39 is 5.03 Å². The summed E-state index contributed by atoms with van der Waals surface area (Å²) >= 11 is 0. The van der Waals surface area contributed by atoms with E-state index in [9.17, 15) is 10.1 Å². The summed E-state index contributed by atoms with van der Waals surface area (Å²) in [5.74, 6) is -0.307. The van der Waals surface area contributed by atoms with Crippen LogP contribution in [0, 0.1) is 10.1 Å². The van der Waals surface area contributed by atoms with Crippen LogP contribution in [0.3, 0.4) is 0 Å². The SMILES string of the molecule is Nc1nnc2nnc(N[N+](=O)[O-])n2n1. The van der Waals surface area contributed by atoms with Gasteiger partial charge >= 0.3 is 5.95 Å². The van der Waals surface area contributed by atoms with E-state index in [4.69, 9.17) is 5.73 Å². The number of nitrogen functional groups attached to an aromatic ring is 1. The fourth-order valence-electron chi connectivity index (χ4n) is 0.796. The average molecular weight is 197 g/mol. The van der Waals surface area contributed by atoms with Gasteiger partial charge in [0.25, 0.3) is 11.7 Å². The molecule has 11 nitrogen and oxygen atoms in total. The molecule has 0 spiro atoms. The summed E-state index contributed by atoms with van der Waals surface area (Å²) in [6.45, 7) is 0. The van der Waals surface area contributed by atoms with Gasteiger partial charge in [-0.15, -0.1) is 25.5 Å². The van der Waals surface area contributed by atoms with E-state index in [1.807, 2.05) is 0 Å². The third-order valence-electron chi connectivity index (χ3n) is 1.26. The highest BCUT2D eigenvalue weighted by Gasteiger charge is 2.12. The van der Waals surface area contributed by atoms with Crippen LogP contribution in [0.4, 0.5) is 11.9 Å². The minimum absolute atomic E-state index is 0.0172. The molecule has 0 aliphatic heterocycles. The first-order chi connectivity index (χ1) is 6.66. The fourth-order valence-corrected chi connectivity index (χ4v) is 0.796. The van der Waals surface area contributed by atoms with E-state index in [1.54, 1.807) is 5.43 Å². The molecule has 0 atom stereocenters. The molecule has 2 rings (SSSR count). The Kier molecular flexibility index (Phi) is 1.56. The number of nitrogens with zero attached hydrogens (tertiary/aromatic N) is 7. The third-order valence-corrected chi connectivity index (χ3v) is 1.26. The molecular weight excluding hydrogens is 194 g/mol. The maximum atomic E-state index is 10.1. The fraction of sp³-hybridized carbons (Fsp3) is 0. The summed E-state index contributed by atoms with van der Waals surface area (Å²) in [6.07, 6.45) is 0. The van der Waals surface area contributed by atoms with Crippen LogP contribution >= 0.6 is 0 Å². The van der Waals surface area contributed by atoms with Crippen LogP contribution in [-0.2, 0) is 0 Å². The highest BCUT2D eigenvalue weighted by Crippen LogP contribution is 2.02. The van der Waals surface area contributed by atoms with Crippen molar-refractivity contribution >= 4 is 17.7 Å². The number of hydrazine groups is 1.